The van der Waals surface area contributed by atoms with Gasteiger partial charge >= 0.3 is 0 Å². The number of nitrogens with zero attached hydrogens (tertiary/aromatic N) is 2. The number of hydrogen-bond donors (Lipinski definition) is 1. The number of carbonyl (C=O) groups excluding carboxylic acids is 1. The number of morpholine rings is 1. The van der Waals surface area contributed by atoms with E-state index in [1.54, 1.807) is 18.2 Å². The van der Waals surface area contributed by atoms with Gasteiger partial charge in [0.05, 0.1) is 25.6 Å². The number of aliphatic hydroxyl groups is 1. The van der Waals surface area contributed by atoms with Crippen molar-refractivity contribution in [1.29, 1.82) is 0 Å². The summed E-state index contributed by atoms with van der Waals surface area (Å²) in [6.45, 7) is 4.04. The molecule has 0 aromatic carbocycles. The number of amides is 1. The monoisotopic (exact) mass is 296 g/mol. The molecule has 2 heterocycles. The van der Waals surface area contributed by atoms with Crippen molar-refractivity contribution in [1.82, 2.24) is 9.80 Å². The molecule has 6 nitrogen and oxygen atoms in total. The first-order valence-electron chi connectivity index (χ1n) is 7.39. The number of furan rings is 1. The van der Waals surface area contributed by atoms with Gasteiger partial charge in [0.1, 0.15) is 5.76 Å². The molecule has 6 heteroatoms. The fraction of sp³-hybridized carbons (Fsp3) is 0.667. The maximum Gasteiger partial charge on any atom is 0.222 e. The van der Waals surface area contributed by atoms with E-state index in [0.29, 0.717) is 39.1 Å². The standard InChI is InChI=1S/C15H24N2O4/c1-16(15(19)5-4-14-3-2-8-21-14)11-13(18)12-17-6-9-20-10-7-17/h2-3,8,13,18H,4-7,9-12H2,1H3. The molecule has 1 saturated heterocycles. The first-order valence-corrected chi connectivity index (χ1v) is 7.39. The largest absolute Gasteiger partial charge is 0.469 e. The van der Waals surface area contributed by atoms with Crippen molar-refractivity contribution in [2.24, 2.45) is 0 Å². The summed E-state index contributed by atoms with van der Waals surface area (Å²) in [4.78, 5) is 15.8. The second-order valence-corrected chi connectivity index (χ2v) is 5.42. The zero-order valence-electron chi connectivity index (χ0n) is 12.5. The molecule has 1 aromatic heterocycles. The van der Waals surface area contributed by atoms with Crippen LogP contribution in [-0.2, 0) is 16.0 Å². The van der Waals surface area contributed by atoms with E-state index >= 15 is 0 Å². The molecule has 1 aliphatic rings. The molecular weight excluding hydrogens is 272 g/mol. The van der Waals surface area contributed by atoms with Crippen molar-refractivity contribution in [3.63, 3.8) is 0 Å². The number of β-amino-alcohol motifs (C(OH)–C–C–N with tert-alkyl or cyclic N) is 1. The van der Waals surface area contributed by atoms with Gasteiger partial charge in [0, 0.05) is 46.1 Å². The van der Waals surface area contributed by atoms with Gasteiger partial charge in [0.25, 0.3) is 0 Å². The fourth-order valence-corrected chi connectivity index (χ4v) is 2.43. The predicted octanol–water partition coefficient (Wildman–Crippen LogP) is 0.364. The van der Waals surface area contributed by atoms with Crippen LogP contribution in [0.1, 0.15) is 12.2 Å². The van der Waals surface area contributed by atoms with Gasteiger partial charge in [-0.05, 0) is 12.1 Å². The van der Waals surface area contributed by atoms with Crippen molar-refractivity contribution in [2.75, 3.05) is 46.4 Å². The highest BCUT2D eigenvalue weighted by atomic mass is 16.5. The van der Waals surface area contributed by atoms with Gasteiger partial charge in [-0.15, -0.1) is 0 Å². The molecule has 0 radical (unpaired) electrons. The van der Waals surface area contributed by atoms with E-state index < -0.39 is 6.10 Å². The Balaban J connectivity index is 1.66. The molecule has 1 aromatic rings. The topological polar surface area (TPSA) is 66.2 Å². The molecule has 2 rings (SSSR count). The lowest BCUT2D eigenvalue weighted by atomic mass is 10.2. The Hall–Kier alpha value is -1.37. The Morgan fingerprint density at radius 1 is 1.48 bits per heavy atom. The first kappa shape index (κ1) is 16.0. The van der Waals surface area contributed by atoms with Crippen LogP contribution in [0.3, 0.4) is 0 Å². The maximum atomic E-state index is 12.0. The van der Waals surface area contributed by atoms with Gasteiger partial charge < -0.3 is 19.2 Å². The SMILES string of the molecule is CN(CC(O)CN1CCOCC1)C(=O)CCc1ccco1. The fourth-order valence-electron chi connectivity index (χ4n) is 2.43. The number of rotatable bonds is 7. The molecule has 1 atom stereocenters. The van der Waals surface area contributed by atoms with Gasteiger partial charge in [-0.25, -0.2) is 0 Å². The van der Waals surface area contributed by atoms with Crippen LogP contribution in [0.2, 0.25) is 0 Å². The quantitative estimate of drug-likeness (QED) is 0.787. The number of hydrogen-bond acceptors (Lipinski definition) is 5. The van der Waals surface area contributed by atoms with Gasteiger partial charge in [-0.3, -0.25) is 9.69 Å². The molecule has 0 aliphatic carbocycles. The van der Waals surface area contributed by atoms with E-state index in [2.05, 4.69) is 4.90 Å². The molecule has 0 bridgehead atoms. The lowest BCUT2D eigenvalue weighted by Gasteiger charge is -2.30. The molecule has 1 unspecified atom stereocenters. The van der Waals surface area contributed by atoms with Crippen molar-refractivity contribution in [3.8, 4) is 0 Å². The second kappa shape index (κ2) is 8.17. The van der Waals surface area contributed by atoms with Gasteiger partial charge in [0.15, 0.2) is 0 Å². The third-order valence-corrected chi connectivity index (χ3v) is 3.65. The highest BCUT2D eigenvalue weighted by Gasteiger charge is 2.18. The average Bonchev–Trinajstić information content (AvgIpc) is 2.98. The molecule has 0 saturated carbocycles. The summed E-state index contributed by atoms with van der Waals surface area (Å²) in [6.07, 6.45) is 2.07. The van der Waals surface area contributed by atoms with E-state index in [1.807, 2.05) is 12.1 Å². The van der Waals surface area contributed by atoms with Crippen LogP contribution >= 0.6 is 0 Å². The minimum Gasteiger partial charge on any atom is -0.469 e. The second-order valence-electron chi connectivity index (χ2n) is 5.42. The lowest BCUT2D eigenvalue weighted by Crippen LogP contribution is -2.45. The van der Waals surface area contributed by atoms with Crippen LogP contribution in [0, 0.1) is 0 Å². The summed E-state index contributed by atoms with van der Waals surface area (Å²) >= 11 is 0. The Labute approximate surface area is 125 Å². The number of ether oxygens (including phenoxy) is 1. The Morgan fingerprint density at radius 2 is 2.24 bits per heavy atom. The smallest absolute Gasteiger partial charge is 0.222 e. The Morgan fingerprint density at radius 3 is 2.90 bits per heavy atom. The van der Waals surface area contributed by atoms with Gasteiger partial charge in [-0.1, -0.05) is 0 Å². The zero-order chi connectivity index (χ0) is 15.1. The van der Waals surface area contributed by atoms with E-state index in [4.69, 9.17) is 9.15 Å². The molecular formula is C15H24N2O4. The zero-order valence-corrected chi connectivity index (χ0v) is 12.5. The van der Waals surface area contributed by atoms with Crippen molar-refractivity contribution in [3.05, 3.63) is 24.2 Å². The third kappa shape index (κ3) is 5.49. The summed E-state index contributed by atoms with van der Waals surface area (Å²) < 4.78 is 10.5. The van der Waals surface area contributed by atoms with Crippen molar-refractivity contribution >= 4 is 5.91 Å². The number of aryl methyl sites for hydroxylation is 1. The lowest BCUT2D eigenvalue weighted by molar-refractivity contribution is -0.131. The third-order valence-electron chi connectivity index (χ3n) is 3.65. The molecule has 21 heavy (non-hydrogen) atoms. The summed E-state index contributed by atoms with van der Waals surface area (Å²) in [6, 6.07) is 3.68. The van der Waals surface area contributed by atoms with Crippen molar-refractivity contribution in [2.45, 2.75) is 18.9 Å². The molecule has 1 N–H and O–H groups in total. The van der Waals surface area contributed by atoms with E-state index in [1.165, 1.54) is 0 Å². The number of likely N-dealkylation sites (N-methyl/N-ethyl adjacent to an activating group) is 1. The van der Waals surface area contributed by atoms with Gasteiger partial charge in [-0.2, -0.15) is 0 Å². The summed E-state index contributed by atoms with van der Waals surface area (Å²) in [7, 11) is 1.73. The molecule has 1 amide bonds. The predicted molar refractivity (Wildman–Crippen MR) is 77.9 cm³/mol. The Bertz CT molecular complexity index is 415. The average molecular weight is 296 g/mol. The van der Waals surface area contributed by atoms with Crippen LogP contribution in [0.5, 0.6) is 0 Å². The van der Waals surface area contributed by atoms with Crippen molar-refractivity contribution < 1.29 is 19.1 Å². The van der Waals surface area contributed by atoms with Crippen LogP contribution in [0.25, 0.3) is 0 Å². The first-order chi connectivity index (χ1) is 10.1. The normalized spacial score (nSPS) is 17.6. The van der Waals surface area contributed by atoms with Crippen LogP contribution < -0.4 is 0 Å². The summed E-state index contributed by atoms with van der Waals surface area (Å²) in [5, 5.41) is 10.1. The molecule has 1 fully saturated rings. The minimum atomic E-state index is -0.527. The highest BCUT2D eigenvalue weighted by Crippen LogP contribution is 2.06. The summed E-state index contributed by atoms with van der Waals surface area (Å²) in [5.74, 6) is 0.832. The van der Waals surface area contributed by atoms with E-state index in [9.17, 15) is 9.90 Å². The maximum absolute atomic E-state index is 12.0. The highest BCUT2D eigenvalue weighted by molar-refractivity contribution is 5.76. The summed E-state index contributed by atoms with van der Waals surface area (Å²) in [5.41, 5.74) is 0. The number of carbonyl (C=O) groups is 1. The van der Waals surface area contributed by atoms with E-state index in [0.717, 1.165) is 18.8 Å². The molecule has 118 valence electrons. The number of aliphatic hydroxyl groups excluding tert-OH is 1. The van der Waals surface area contributed by atoms with Crippen LogP contribution in [0.4, 0.5) is 0 Å². The van der Waals surface area contributed by atoms with Crippen LogP contribution in [0.15, 0.2) is 22.8 Å². The van der Waals surface area contributed by atoms with E-state index in [-0.39, 0.29) is 5.91 Å². The van der Waals surface area contributed by atoms with Crippen LogP contribution in [-0.4, -0.2) is 73.4 Å². The molecule has 1 aliphatic heterocycles. The van der Waals surface area contributed by atoms with Gasteiger partial charge in [0.2, 0.25) is 5.91 Å². The minimum absolute atomic E-state index is 0.0208. The molecule has 0 spiro atoms. The Kier molecular flexibility index (Phi) is 6.22.